The first-order valence-corrected chi connectivity index (χ1v) is 24.1. The summed E-state index contributed by atoms with van der Waals surface area (Å²) in [7, 11) is 0. The Balaban J connectivity index is 2.14. The molecule has 1 fully saturated rings. The molecule has 28 nitrogen and oxygen atoms in total. The zero-order valence-electron chi connectivity index (χ0n) is 40.9. The molecule has 23 N–H and O–H groups in total. The highest BCUT2D eigenvalue weighted by atomic mass is 16.4. The third-order valence-corrected chi connectivity index (χ3v) is 11.6. The van der Waals surface area contributed by atoms with Gasteiger partial charge in [-0.25, -0.2) is 9.78 Å². The van der Waals surface area contributed by atoms with Gasteiger partial charge in [-0.3, -0.25) is 43.3 Å². The molecule has 0 spiro atoms. The lowest BCUT2D eigenvalue weighted by Gasteiger charge is -2.42. The summed E-state index contributed by atoms with van der Waals surface area (Å²) in [6.07, 6.45) is 5.62. The Kier molecular flexibility index (Phi) is 28.3. The van der Waals surface area contributed by atoms with Crippen LogP contribution in [-0.2, 0) is 49.6 Å². The number of aliphatic hydroxyl groups is 1. The lowest BCUT2D eigenvalue weighted by atomic mass is 9.97. The van der Waals surface area contributed by atoms with Gasteiger partial charge in [-0.15, -0.1) is 0 Å². The second-order valence-corrected chi connectivity index (χ2v) is 17.3. The van der Waals surface area contributed by atoms with Crippen molar-refractivity contribution in [2.24, 2.45) is 45.1 Å². The number of carbonyl (C=O) groups excluding carboxylic acids is 8. The van der Waals surface area contributed by atoms with Gasteiger partial charge in [0.1, 0.15) is 30.2 Å². The lowest BCUT2D eigenvalue weighted by Crippen LogP contribution is -2.64. The van der Waals surface area contributed by atoms with Crippen molar-refractivity contribution in [2.45, 2.75) is 139 Å². The number of imidazole rings is 1. The molecule has 72 heavy (non-hydrogen) atoms. The second-order valence-electron chi connectivity index (χ2n) is 17.3. The van der Waals surface area contributed by atoms with Crippen molar-refractivity contribution in [2.75, 3.05) is 45.8 Å². The molecular formula is C44H77N17O11. The summed E-state index contributed by atoms with van der Waals surface area (Å²) < 4.78 is 0. The number of likely N-dealkylation sites (tertiary alicyclic amines) is 1. The molecule has 8 atom stereocenters. The molecule has 1 aromatic rings. The molecule has 0 aromatic carbocycles. The predicted molar refractivity (Wildman–Crippen MR) is 263 cm³/mol. The first-order chi connectivity index (χ1) is 34.3. The van der Waals surface area contributed by atoms with Crippen LogP contribution in [0.4, 0.5) is 0 Å². The Morgan fingerprint density at radius 2 is 1.49 bits per heavy atom. The lowest BCUT2D eigenvalue weighted by molar-refractivity contribution is -0.150. The van der Waals surface area contributed by atoms with E-state index in [9.17, 15) is 53.4 Å². The Morgan fingerprint density at radius 3 is 2.07 bits per heavy atom. The number of carbonyl (C=O) groups is 9. The number of aromatic amines is 1. The number of hydrogen-bond donors (Lipinski definition) is 16. The minimum atomic E-state index is -1.56. The number of rotatable bonds is 36. The molecule has 0 unspecified atom stereocenters. The van der Waals surface area contributed by atoms with E-state index in [0.717, 1.165) is 0 Å². The van der Waals surface area contributed by atoms with Gasteiger partial charge < -0.3 is 92.1 Å². The number of unbranched alkanes of at least 4 members (excludes halogenated alkanes) is 2. The average Bonchev–Trinajstić information content (AvgIpc) is 3.85. The molecule has 1 aliphatic heterocycles. The van der Waals surface area contributed by atoms with Crippen molar-refractivity contribution >= 4 is 59.1 Å². The van der Waals surface area contributed by atoms with Gasteiger partial charge in [-0.2, -0.15) is 0 Å². The Bertz CT molecular complexity index is 2000. The Morgan fingerprint density at radius 1 is 0.819 bits per heavy atom. The summed E-state index contributed by atoms with van der Waals surface area (Å²) in [6, 6.07) is -8.43. The van der Waals surface area contributed by atoms with Crippen LogP contribution in [0.3, 0.4) is 0 Å². The predicted octanol–water partition coefficient (Wildman–Crippen LogP) is -6.22. The average molecular weight is 1020 g/mol. The Labute approximate surface area is 418 Å². The number of carboxylic acid groups (broad SMARTS) is 1. The number of nitrogens with one attached hydrogen (secondary N) is 7. The normalized spacial score (nSPS) is 16.2. The molecule has 2 rings (SSSR count). The summed E-state index contributed by atoms with van der Waals surface area (Å²) in [5.74, 6) is -7.18. The van der Waals surface area contributed by atoms with E-state index in [0.29, 0.717) is 44.5 Å². The number of nitrogens with two attached hydrogens (primary N) is 7. The first-order valence-electron chi connectivity index (χ1n) is 24.1. The maximum Gasteiger partial charge on any atom is 0.331 e. The van der Waals surface area contributed by atoms with Crippen LogP contribution < -0.4 is 72.0 Å². The number of nitrogens with zero attached hydrogens (tertiary/aromatic N) is 3. The number of Topliss-reactive ketones (excluding diaryl/α,β-unsaturated/α-hetero) is 1. The largest absolute Gasteiger partial charge is 0.478 e. The highest BCUT2D eigenvalue weighted by molar-refractivity contribution is 5.98. The molecule has 0 bridgehead atoms. The smallest absolute Gasteiger partial charge is 0.331 e. The van der Waals surface area contributed by atoms with Crippen LogP contribution >= 0.6 is 0 Å². The maximum absolute atomic E-state index is 14.0. The summed E-state index contributed by atoms with van der Waals surface area (Å²) in [6.45, 7) is 1.38. The number of aliphatic imine (C=N–C) groups is 1. The van der Waals surface area contributed by atoms with E-state index in [4.69, 9.17) is 40.1 Å². The van der Waals surface area contributed by atoms with Crippen molar-refractivity contribution in [3.8, 4) is 0 Å². The summed E-state index contributed by atoms with van der Waals surface area (Å²) in [5, 5.41) is 35.2. The summed E-state index contributed by atoms with van der Waals surface area (Å²) in [4.78, 5) is 131. The topological polar surface area (TPSA) is 493 Å². The summed E-state index contributed by atoms with van der Waals surface area (Å²) >= 11 is 0. The number of amides is 7. The molecule has 2 heterocycles. The first kappa shape index (κ1) is 61.5. The van der Waals surface area contributed by atoms with Crippen LogP contribution in [0, 0.1) is 0 Å². The van der Waals surface area contributed by atoms with Gasteiger partial charge in [0.15, 0.2) is 11.7 Å². The molecule has 0 aliphatic carbocycles. The van der Waals surface area contributed by atoms with Crippen molar-refractivity contribution in [1.82, 2.24) is 46.8 Å². The van der Waals surface area contributed by atoms with Gasteiger partial charge in [0.05, 0.1) is 31.1 Å². The van der Waals surface area contributed by atoms with Crippen molar-refractivity contribution in [3.05, 3.63) is 29.9 Å². The molecule has 404 valence electrons. The van der Waals surface area contributed by atoms with E-state index in [-0.39, 0.29) is 89.0 Å². The highest BCUT2D eigenvalue weighted by Crippen LogP contribution is 2.21. The van der Waals surface area contributed by atoms with E-state index in [1.54, 1.807) is 0 Å². The van der Waals surface area contributed by atoms with Crippen molar-refractivity contribution in [3.63, 3.8) is 0 Å². The monoisotopic (exact) mass is 1020 g/mol. The Hall–Kier alpha value is -6.59. The third-order valence-electron chi connectivity index (χ3n) is 11.6. The van der Waals surface area contributed by atoms with Gasteiger partial charge in [-0.1, -0.05) is 12.5 Å². The fourth-order valence-electron chi connectivity index (χ4n) is 7.34. The fourth-order valence-corrected chi connectivity index (χ4v) is 7.34. The van der Waals surface area contributed by atoms with Crippen LogP contribution in [0.15, 0.2) is 29.2 Å². The number of aromatic nitrogens is 2. The molecule has 1 aromatic heterocycles. The molecule has 28 heteroatoms. The molecule has 0 radical (unpaired) electrons. The zero-order chi connectivity index (χ0) is 53.8. The van der Waals surface area contributed by atoms with Crippen LogP contribution in [0.25, 0.3) is 0 Å². The minimum absolute atomic E-state index is 0.0357. The van der Waals surface area contributed by atoms with E-state index in [1.165, 1.54) is 30.4 Å². The van der Waals surface area contributed by atoms with Crippen LogP contribution in [0.5, 0.6) is 0 Å². The van der Waals surface area contributed by atoms with Gasteiger partial charge in [0, 0.05) is 49.9 Å². The summed E-state index contributed by atoms with van der Waals surface area (Å²) in [5.41, 5.74) is 39.5. The molecule has 1 saturated heterocycles. The number of aliphatic hydroxyl groups excluding tert-OH is 1. The van der Waals surface area contributed by atoms with Gasteiger partial charge in [0.2, 0.25) is 41.4 Å². The second kappa shape index (κ2) is 33.1. The van der Waals surface area contributed by atoms with Crippen LogP contribution in [0.1, 0.15) is 89.7 Å². The number of H-pyrrole nitrogens is 1. The third kappa shape index (κ3) is 21.8. The number of hydrogen-bond acceptors (Lipinski definition) is 17. The zero-order valence-corrected chi connectivity index (χ0v) is 40.9. The maximum atomic E-state index is 14.0. The number of ketones is 1. The van der Waals surface area contributed by atoms with E-state index in [2.05, 4.69) is 46.9 Å². The highest BCUT2D eigenvalue weighted by Gasteiger charge is 2.42. The number of carboxylic acids is 1. The molecule has 0 saturated carbocycles. The molecule has 7 amide bonds. The van der Waals surface area contributed by atoms with Gasteiger partial charge in [-0.05, 0) is 90.8 Å². The van der Waals surface area contributed by atoms with Crippen LogP contribution in [0.2, 0.25) is 0 Å². The van der Waals surface area contributed by atoms with Gasteiger partial charge >= 0.3 is 5.97 Å². The van der Waals surface area contributed by atoms with Crippen molar-refractivity contribution < 1.29 is 53.4 Å². The van der Waals surface area contributed by atoms with Crippen LogP contribution in [-0.4, -0.2) is 178 Å². The van der Waals surface area contributed by atoms with E-state index in [1.807, 2.05) is 0 Å². The van der Waals surface area contributed by atoms with Crippen molar-refractivity contribution in [1.29, 1.82) is 0 Å². The van der Waals surface area contributed by atoms with E-state index >= 15 is 0 Å². The quantitative estimate of drug-likeness (QED) is 0.0129. The number of aliphatic carboxylic acids is 1. The minimum Gasteiger partial charge on any atom is -0.478 e. The SMILES string of the molecule is C[C@H](NC(=O)[C@@H](NC(=O)[C@@H](N)CCCCN)[C@@H](O)CN)C(=O)NCC(=O)N[C@H](CCCN)C(=O)N1CC[C@H]1C(=O)N[C@@H](Cc1cnc[nH]1)C(=O)N[C@@H](CCCCN)C(=O)CC/C(=C\CCN=C(N)N)C(=O)O. The molecule has 1 aliphatic rings. The van der Waals surface area contributed by atoms with E-state index < -0.39 is 115 Å². The fraction of sp³-hybridized carbons (Fsp3) is 0.659. The van der Waals surface area contributed by atoms with Gasteiger partial charge in [0.25, 0.3) is 0 Å². The number of guanidine groups is 1. The standard InChI is InChI=1S/C44H77N17O11/c1-25(56-41(69)36(34(63)21-48)60-38(66)28(49)9-2-4-15-45)37(65)54-23-35(64)57-30(11-6-17-47)42(70)61-19-14-32(61)40(68)59-31(20-27-22-52-24-55-27)39(67)58-29(10-3-5-16-46)33(62)13-12-26(43(71)72)8-7-18-53-44(50)51/h8,22,24-25,28-32,34,36,63H,2-7,9-21,23,45-49H2,1H3,(H,52,55)(H,54,65)(H,56,69)(H,57,64)(H,58,67)(H,59,68)(H,60,66)(H,71,72)(H4,50,51,53)/b26-8+/t25-,28-,29-,30+,31-,32-,34-,36-/m0/s1. The molecular weight excluding hydrogens is 943 g/mol.